The minimum Gasteiger partial charge on any atom is -0.237 e. The fraction of sp³-hybridized carbons (Fsp3) is 0.133. The lowest BCUT2D eigenvalue weighted by Crippen LogP contribution is -2.12. The highest BCUT2D eigenvalue weighted by atomic mass is 79.9. The molecule has 0 N–H and O–H groups in total. The molecule has 1 aromatic carbocycles. The molecule has 0 aliphatic heterocycles. The van der Waals surface area contributed by atoms with Crippen LogP contribution in [-0.2, 0) is 16.4 Å². The summed E-state index contributed by atoms with van der Waals surface area (Å²) in [7, 11) is -3.64. The first-order valence-corrected chi connectivity index (χ1v) is 8.74. The van der Waals surface area contributed by atoms with Crippen LogP contribution in [0, 0.1) is 0 Å². The van der Waals surface area contributed by atoms with Gasteiger partial charge in [-0.25, -0.2) is 17.4 Å². The predicted molar refractivity (Wildman–Crippen MR) is 85.8 cm³/mol. The molecule has 21 heavy (non-hydrogen) atoms. The molecule has 0 saturated carbocycles. The van der Waals surface area contributed by atoms with E-state index in [0.717, 1.165) is 21.8 Å². The minimum absolute atomic E-state index is 0.256. The Morgan fingerprint density at radius 1 is 1.19 bits per heavy atom. The van der Waals surface area contributed by atoms with Gasteiger partial charge in [-0.2, -0.15) is 0 Å². The highest BCUT2D eigenvalue weighted by molar-refractivity contribution is 9.10. The fourth-order valence-electron chi connectivity index (χ4n) is 2.32. The largest absolute Gasteiger partial charge is 0.269 e. The number of pyridine rings is 1. The van der Waals surface area contributed by atoms with E-state index in [9.17, 15) is 8.42 Å². The average molecular weight is 365 g/mol. The van der Waals surface area contributed by atoms with Crippen molar-refractivity contribution in [3.63, 3.8) is 0 Å². The van der Waals surface area contributed by atoms with E-state index in [1.54, 1.807) is 42.7 Å². The van der Waals surface area contributed by atoms with E-state index < -0.39 is 10.0 Å². The predicted octanol–water partition coefficient (Wildman–Crippen LogP) is 3.60. The van der Waals surface area contributed by atoms with E-state index in [1.165, 1.54) is 3.97 Å². The Hall–Kier alpha value is -1.66. The number of benzene rings is 1. The van der Waals surface area contributed by atoms with Gasteiger partial charge in [-0.3, -0.25) is 0 Å². The number of fused-ring (bicyclic) bond motifs is 1. The Morgan fingerprint density at radius 3 is 2.57 bits per heavy atom. The van der Waals surface area contributed by atoms with Crippen LogP contribution >= 0.6 is 15.9 Å². The lowest BCUT2D eigenvalue weighted by molar-refractivity contribution is 0.588. The van der Waals surface area contributed by atoms with Crippen molar-refractivity contribution < 1.29 is 8.42 Å². The summed E-state index contributed by atoms with van der Waals surface area (Å²) in [5, 5.41) is 0.847. The average Bonchev–Trinajstić information content (AvgIpc) is 2.89. The van der Waals surface area contributed by atoms with Crippen molar-refractivity contribution in [2.75, 3.05) is 0 Å². The van der Waals surface area contributed by atoms with Gasteiger partial charge in [0.1, 0.15) is 0 Å². The zero-order valence-electron chi connectivity index (χ0n) is 11.3. The van der Waals surface area contributed by atoms with E-state index in [1.807, 2.05) is 13.0 Å². The molecule has 0 fully saturated rings. The summed E-state index contributed by atoms with van der Waals surface area (Å²) >= 11 is 3.48. The van der Waals surface area contributed by atoms with Crippen molar-refractivity contribution in [3.8, 4) is 0 Å². The molecular formula is C15H13BrN2O2S. The van der Waals surface area contributed by atoms with Crippen LogP contribution in [0.25, 0.3) is 11.0 Å². The van der Waals surface area contributed by atoms with Gasteiger partial charge in [0.15, 0.2) is 5.65 Å². The van der Waals surface area contributed by atoms with Crippen molar-refractivity contribution >= 4 is 37.0 Å². The Morgan fingerprint density at radius 2 is 1.90 bits per heavy atom. The van der Waals surface area contributed by atoms with Gasteiger partial charge in [0.2, 0.25) is 0 Å². The van der Waals surface area contributed by atoms with Crippen LogP contribution in [0.1, 0.15) is 12.5 Å². The van der Waals surface area contributed by atoms with Crippen molar-refractivity contribution in [1.29, 1.82) is 0 Å². The smallest absolute Gasteiger partial charge is 0.237 e. The molecule has 2 aromatic heterocycles. The fourth-order valence-corrected chi connectivity index (χ4v) is 4.23. The van der Waals surface area contributed by atoms with Gasteiger partial charge >= 0.3 is 0 Å². The van der Waals surface area contributed by atoms with Gasteiger partial charge in [-0.1, -0.05) is 25.1 Å². The van der Waals surface area contributed by atoms with Gasteiger partial charge in [-0.15, -0.1) is 0 Å². The molecule has 0 radical (unpaired) electrons. The number of rotatable bonds is 3. The number of hydrogen-bond donors (Lipinski definition) is 0. The standard InChI is InChI=1S/C15H13BrN2O2S/c1-2-11-10-18(15-14(11)13(16)8-9-17-15)21(19,20)12-6-4-3-5-7-12/h3-10H,2H2,1H3. The second kappa shape index (κ2) is 5.27. The lowest BCUT2D eigenvalue weighted by atomic mass is 10.2. The zero-order chi connectivity index (χ0) is 15.0. The molecule has 0 saturated heterocycles. The van der Waals surface area contributed by atoms with Gasteiger partial charge in [0, 0.05) is 22.3 Å². The van der Waals surface area contributed by atoms with Crippen LogP contribution in [0.3, 0.4) is 0 Å². The van der Waals surface area contributed by atoms with Gasteiger partial charge in [0.05, 0.1) is 4.90 Å². The van der Waals surface area contributed by atoms with Gasteiger partial charge < -0.3 is 0 Å². The monoisotopic (exact) mass is 364 g/mol. The first kappa shape index (κ1) is 14.3. The van der Waals surface area contributed by atoms with Crippen molar-refractivity contribution in [1.82, 2.24) is 8.96 Å². The van der Waals surface area contributed by atoms with E-state index in [0.29, 0.717) is 5.65 Å². The highest BCUT2D eigenvalue weighted by Gasteiger charge is 2.22. The molecule has 0 bridgehead atoms. The maximum absolute atomic E-state index is 12.8. The summed E-state index contributed by atoms with van der Waals surface area (Å²) in [6, 6.07) is 10.2. The highest BCUT2D eigenvalue weighted by Crippen LogP contribution is 2.30. The zero-order valence-corrected chi connectivity index (χ0v) is 13.7. The Kier molecular flexibility index (Phi) is 3.59. The number of hydrogen-bond acceptors (Lipinski definition) is 3. The summed E-state index contributed by atoms with van der Waals surface area (Å²) in [5.41, 5.74) is 1.40. The van der Waals surface area contributed by atoms with Crippen LogP contribution in [0.2, 0.25) is 0 Å². The first-order chi connectivity index (χ1) is 10.1. The maximum atomic E-state index is 12.8. The summed E-state index contributed by atoms with van der Waals surface area (Å²) in [6.45, 7) is 1.99. The van der Waals surface area contributed by atoms with Crippen molar-refractivity contribution in [2.45, 2.75) is 18.2 Å². The molecular weight excluding hydrogens is 352 g/mol. The van der Waals surface area contributed by atoms with Gasteiger partial charge in [-0.05, 0) is 46.1 Å². The van der Waals surface area contributed by atoms with E-state index in [4.69, 9.17) is 0 Å². The van der Waals surface area contributed by atoms with Crippen LogP contribution in [0.4, 0.5) is 0 Å². The number of aryl methyl sites for hydroxylation is 1. The Bertz CT molecular complexity index is 902. The molecule has 0 atom stereocenters. The molecule has 3 aromatic rings. The third kappa shape index (κ3) is 2.28. The van der Waals surface area contributed by atoms with Crippen molar-refractivity contribution in [2.24, 2.45) is 0 Å². The number of aromatic nitrogens is 2. The van der Waals surface area contributed by atoms with Crippen LogP contribution in [-0.4, -0.2) is 17.4 Å². The third-order valence-electron chi connectivity index (χ3n) is 3.36. The topological polar surface area (TPSA) is 52.0 Å². The van der Waals surface area contributed by atoms with Crippen molar-refractivity contribution in [3.05, 3.63) is 58.8 Å². The maximum Gasteiger partial charge on any atom is 0.269 e. The number of halogens is 1. The second-order valence-corrected chi connectivity index (χ2v) is 7.28. The molecule has 0 amide bonds. The molecule has 0 aliphatic rings. The number of nitrogens with zero attached hydrogens (tertiary/aromatic N) is 2. The summed E-state index contributed by atoms with van der Waals surface area (Å²) in [4.78, 5) is 4.51. The van der Waals surface area contributed by atoms with Gasteiger partial charge in [0.25, 0.3) is 10.0 Å². The van der Waals surface area contributed by atoms with E-state index >= 15 is 0 Å². The normalized spacial score (nSPS) is 11.9. The Balaban J connectivity index is 2.34. The molecule has 0 aliphatic carbocycles. The van der Waals surface area contributed by atoms with Crippen LogP contribution in [0.15, 0.2) is 58.2 Å². The molecule has 3 rings (SSSR count). The first-order valence-electron chi connectivity index (χ1n) is 6.50. The van der Waals surface area contributed by atoms with Crippen LogP contribution < -0.4 is 0 Å². The Labute approximate surface area is 131 Å². The summed E-state index contributed by atoms with van der Waals surface area (Å²) in [6.07, 6.45) is 3.99. The molecule has 4 nitrogen and oxygen atoms in total. The molecule has 2 heterocycles. The molecule has 0 spiro atoms. The molecule has 108 valence electrons. The summed E-state index contributed by atoms with van der Waals surface area (Å²) in [5.74, 6) is 0. The second-order valence-electron chi connectivity index (χ2n) is 4.61. The van der Waals surface area contributed by atoms with E-state index in [-0.39, 0.29) is 4.90 Å². The third-order valence-corrected chi connectivity index (χ3v) is 5.69. The molecule has 6 heteroatoms. The minimum atomic E-state index is -3.64. The van der Waals surface area contributed by atoms with Crippen LogP contribution in [0.5, 0.6) is 0 Å². The summed E-state index contributed by atoms with van der Waals surface area (Å²) < 4.78 is 27.7. The quantitative estimate of drug-likeness (QED) is 0.713. The SMILES string of the molecule is CCc1cn(S(=O)(=O)c2ccccc2)c2nccc(Br)c12. The molecule has 0 unspecified atom stereocenters. The van der Waals surface area contributed by atoms with E-state index in [2.05, 4.69) is 20.9 Å². The lowest BCUT2D eigenvalue weighted by Gasteiger charge is -2.06.